The Balaban J connectivity index is -0.00000000709. The van der Waals surface area contributed by atoms with Gasteiger partial charge in [-0.05, 0) is 7.05 Å². The molecule has 0 saturated heterocycles. The number of hydrogen-bond acceptors (Lipinski definition) is 6. The molecule has 5 N–H and O–H groups in total. The van der Waals surface area contributed by atoms with E-state index in [4.69, 9.17) is 0 Å². The van der Waals surface area contributed by atoms with Gasteiger partial charge in [0, 0.05) is 13.8 Å². The predicted molar refractivity (Wildman–Crippen MR) is 66.5 cm³/mol. The van der Waals surface area contributed by atoms with Crippen LogP contribution in [0.5, 0.6) is 0 Å². The number of esters is 2. The van der Waals surface area contributed by atoms with Gasteiger partial charge in [-0.15, -0.1) is 0 Å². The Morgan fingerprint density at radius 3 is 1.00 bits per heavy atom. The van der Waals surface area contributed by atoms with Gasteiger partial charge in [-0.2, -0.15) is 0 Å². The number of carbonyl (C=O) groups is 2. The normalized spacial score (nSPS) is 4.93. The summed E-state index contributed by atoms with van der Waals surface area (Å²) in [4.78, 5) is 19.2. The van der Waals surface area contributed by atoms with Gasteiger partial charge in [0.15, 0.2) is 0 Å². The monoisotopic (exact) mass is 218 g/mol. The molecule has 0 saturated carbocycles. The summed E-state index contributed by atoms with van der Waals surface area (Å²) in [5.41, 5.74) is 4.50. The molecule has 0 radical (unpaired) electrons. The van der Waals surface area contributed by atoms with Crippen molar-refractivity contribution in [3.8, 4) is 0 Å². The molecule has 0 atom stereocenters. The maximum atomic E-state index is 9.59. The van der Waals surface area contributed by atoms with Crippen molar-refractivity contribution in [3.05, 3.63) is 0 Å². The molecule has 0 aromatic heterocycles. The Bertz CT molecular complexity index is 126. The maximum absolute atomic E-state index is 9.59. The summed E-state index contributed by atoms with van der Waals surface area (Å²) in [6.45, 7) is 2.72. The number of rotatable bonds is 0. The minimum absolute atomic E-state index is 0. The van der Waals surface area contributed by atoms with Crippen LogP contribution in [-0.4, -0.2) is 53.4 Å². The first-order chi connectivity index (χ1) is 5.54. The van der Waals surface area contributed by atoms with Gasteiger partial charge in [0.1, 0.15) is 0 Å². The van der Waals surface area contributed by atoms with E-state index in [0.29, 0.717) is 0 Å². The smallest absolute Gasteiger partial charge is 1.00 e. The van der Waals surface area contributed by atoms with E-state index < -0.39 is 0 Å². The molecule has 0 bridgehead atoms. The molecule has 6 nitrogen and oxygen atoms in total. The third-order valence-corrected chi connectivity index (χ3v) is 0.575. The van der Waals surface area contributed by atoms with Gasteiger partial charge >= 0.3 is 32.2 Å². The first-order valence-corrected chi connectivity index (χ1v) is 3.21. The SMILES string of the molecule is CN.COC(C)=O.COC(C)=O.N.[Be+2].[Be+2].[H-].[H-].[H-].[H-]. The number of hydrogen-bond donors (Lipinski definition) is 2. The van der Waals surface area contributed by atoms with Crippen molar-refractivity contribution in [2.45, 2.75) is 13.8 Å². The molecular weight excluding hydrogens is 194 g/mol. The molecule has 0 aromatic carbocycles. The van der Waals surface area contributed by atoms with Gasteiger partial charge in [-0.3, -0.25) is 9.59 Å². The standard InChI is InChI=1S/2C3H6O2.CH5N.2Be.H3N.4H/c2*1-3(4)5-2;1-2;;;;;;;/h2*1-2H3;2H2,1H3;;;1H3;;;;/q;;;2*+2;;4*-1. The van der Waals surface area contributed by atoms with Crippen LogP contribution >= 0.6 is 0 Å². The van der Waals surface area contributed by atoms with E-state index >= 15 is 0 Å². The third kappa shape index (κ3) is 162. The van der Waals surface area contributed by atoms with Gasteiger partial charge in [0.2, 0.25) is 0 Å². The number of nitrogens with two attached hydrogens (primary N) is 1. The third-order valence-electron chi connectivity index (χ3n) is 0.575. The van der Waals surface area contributed by atoms with E-state index in [1.807, 2.05) is 0 Å². The zero-order chi connectivity index (χ0) is 10.6. The first kappa shape index (κ1) is 36.8. The summed E-state index contributed by atoms with van der Waals surface area (Å²) < 4.78 is 8.22. The Labute approximate surface area is 105 Å². The molecule has 15 heavy (non-hydrogen) atoms. The number of carbonyl (C=O) groups excluding carboxylic acids is 2. The molecule has 0 aliphatic carbocycles. The molecule has 0 rings (SSSR count). The van der Waals surface area contributed by atoms with Gasteiger partial charge in [-0.25, -0.2) is 0 Å². The van der Waals surface area contributed by atoms with Crippen LogP contribution in [0, 0.1) is 0 Å². The molecular formula is C7H24Be2N2O4. The van der Waals surface area contributed by atoms with E-state index in [1.165, 1.54) is 35.1 Å². The van der Waals surface area contributed by atoms with E-state index in [1.54, 1.807) is 0 Å². The van der Waals surface area contributed by atoms with Gasteiger partial charge in [-0.1, -0.05) is 0 Å². The number of ether oxygens (including phenoxy) is 2. The van der Waals surface area contributed by atoms with Crippen LogP contribution in [0.1, 0.15) is 19.6 Å². The zero-order valence-electron chi connectivity index (χ0n) is 14.3. The van der Waals surface area contributed by atoms with Crippen molar-refractivity contribution in [2.24, 2.45) is 5.73 Å². The van der Waals surface area contributed by atoms with Crippen molar-refractivity contribution in [2.75, 3.05) is 21.3 Å². The van der Waals surface area contributed by atoms with Gasteiger partial charge in [0.05, 0.1) is 14.2 Å². The first-order valence-electron chi connectivity index (χ1n) is 3.21. The van der Waals surface area contributed by atoms with Gasteiger partial charge < -0.3 is 27.1 Å². The molecule has 0 fully saturated rings. The number of methoxy groups -OCH3 is 2. The van der Waals surface area contributed by atoms with E-state index in [0.717, 1.165) is 0 Å². The average molecular weight is 218 g/mol. The minimum atomic E-state index is -0.245. The van der Waals surface area contributed by atoms with Crippen LogP contribution < -0.4 is 11.9 Å². The van der Waals surface area contributed by atoms with Crippen LogP contribution in [0.2, 0.25) is 0 Å². The van der Waals surface area contributed by atoms with Crippen molar-refractivity contribution >= 4 is 32.2 Å². The molecule has 0 unspecified atom stereocenters. The van der Waals surface area contributed by atoms with Crippen LogP contribution in [0.25, 0.3) is 0 Å². The predicted octanol–water partition coefficient (Wildman–Crippen LogP) is -0.216. The minimum Gasteiger partial charge on any atom is -1.00 e. The van der Waals surface area contributed by atoms with E-state index in [9.17, 15) is 9.59 Å². The van der Waals surface area contributed by atoms with Crippen LogP contribution in [-0.2, 0) is 19.1 Å². The van der Waals surface area contributed by atoms with Crippen LogP contribution in [0.4, 0.5) is 0 Å². The molecule has 0 aliphatic heterocycles. The topological polar surface area (TPSA) is 114 Å². The van der Waals surface area contributed by atoms with Gasteiger partial charge in [0.25, 0.3) is 0 Å². The molecule has 0 aromatic rings. The van der Waals surface area contributed by atoms with Crippen LogP contribution in [0.15, 0.2) is 0 Å². The van der Waals surface area contributed by atoms with Crippen molar-refractivity contribution in [1.29, 1.82) is 0 Å². The molecule has 0 amide bonds. The summed E-state index contributed by atoms with van der Waals surface area (Å²) in [6.07, 6.45) is 0. The van der Waals surface area contributed by atoms with E-state index in [2.05, 4.69) is 15.2 Å². The summed E-state index contributed by atoms with van der Waals surface area (Å²) in [5, 5.41) is 0. The second kappa shape index (κ2) is 37.9. The molecule has 90 valence electrons. The largest absolute Gasteiger partial charge is 2.00 e. The van der Waals surface area contributed by atoms with Crippen LogP contribution in [0.3, 0.4) is 0 Å². The summed E-state index contributed by atoms with van der Waals surface area (Å²) in [7, 11) is 4.20. The summed E-state index contributed by atoms with van der Waals surface area (Å²) >= 11 is 0. The quantitative estimate of drug-likeness (QED) is 0.429. The Kier molecular flexibility index (Phi) is 93.0. The fourth-order valence-electron chi connectivity index (χ4n) is 0. The fraction of sp³-hybridized carbons (Fsp3) is 0.714. The maximum Gasteiger partial charge on any atom is 2.00 e. The molecule has 0 heterocycles. The molecule has 0 spiro atoms. The van der Waals surface area contributed by atoms with E-state index in [-0.39, 0.29) is 44.0 Å². The summed E-state index contributed by atoms with van der Waals surface area (Å²) in [5.74, 6) is -0.491. The fourth-order valence-corrected chi connectivity index (χ4v) is 0. The van der Waals surface area contributed by atoms with Crippen molar-refractivity contribution in [1.82, 2.24) is 6.15 Å². The van der Waals surface area contributed by atoms with Crippen molar-refractivity contribution < 1.29 is 24.8 Å². The Morgan fingerprint density at radius 1 is 0.933 bits per heavy atom. The molecule has 8 heteroatoms. The van der Waals surface area contributed by atoms with Crippen molar-refractivity contribution in [3.63, 3.8) is 0 Å². The zero-order valence-corrected chi connectivity index (χ0v) is 10.3. The summed E-state index contributed by atoms with van der Waals surface area (Å²) in [6, 6.07) is 0. The second-order valence-electron chi connectivity index (χ2n) is 1.39. The Hall–Kier alpha value is -0.802. The average Bonchev–Trinajstić information content (AvgIpc) is 2.09. The second-order valence-corrected chi connectivity index (χ2v) is 1.39. The Morgan fingerprint density at radius 2 is 1.00 bits per heavy atom. The molecule has 0 aliphatic rings.